The minimum Gasteiger partial charge on any atom is -0.410 e. The number of hydrogen-bond donors (Lipinski definition) is 2. The summed E-state index contributed by atoms with van der Waals surface area (Å²) in [6.45, 7) is 1.99. The van der Waals surface area contributed by atoms with Crippen LogP contribution in [0.4, 0.5) is 11.6 Å². The molecule has 2 N–H and O–H groups in total. The summed E-state index contributed by atoms with van der Waals surface area (Å²) in [4.78, 5) is 8.58. The molecule has 6 heteroatoms. The van der Waals surface area contributed by atoms with Crippen molar-refractivity contribution >= 4 is 17.3 Å². The molecule has 25 heavy (non-hydrogen) atoms. The van der Waals surface area contributed by atoms with Crippen molar-refractivity contribution in [3.8, 4) is 6.07 Å². The summed E-state index contributed by atoms with van der Waals surface area (Å²) in [5, 5.41) is 24.7. The third kappa shape index (κ3) is 3.79. The molecule has 0 radical (unpaired) electrons. The van der Waals surface area contributed by atoms with Gasteiger partial charge in [-0.1, -0.05) is 35.0 Å². The first-order valence-electron chi connectivity index (χ1n) is 7.59. The quantitative estimate of drug-likeness (QED) is 0.433. The Morgan fingerprint density at radius 2 is 1.80 bits per heavy atom. The van der Waals surface area contributed by atoms with Crippen LogP contribution in [0.1, 0.15) is 22.4 Å². The molecule has 0 unspecified atom stereocenters. The molecule has 0 spiro atoms. The van der Waals surface area contributed by atoms with Gasteiger partial charge in [0.1, 0.15) is 5.71 Å². The number of nitrogens with one attached hydrogen (secondary N) is 1. The third-order valence-electron chi connectivity index (χ3n) is 3.59. The molecule has 0 amide bonds. The predicted molar refractivity (Wildman–Crippen MR) is 95.1 cm³/mol. The molecule has 0 aliphatic rings. The number of hydrogen-bond acceptors (Lipinski definition) is 6. The number of rotatable bonds is 4. The van der Waals surface area contributed by atoms with Crippen LogP contribution in [0.5, 0.6) is 0 Å². The van der Waals surface area contributed by atoms with Gasteiger partial charge >= 0.3 is 0 Å². The molecule has 0 fully saturated rings. The lowest BCUT2D eigenvalue weighted by atomic mass is 10.1. The lowest BCUT2D eigenvalue weighted by Gasteiger charge is -2.08. The number of nitriles is 1. The Kier molecular flexibility index (Phi) is 4.67. The third-order valence-corrected chi connectivity index (χ3v) is 3.59. The van der Waals surface area contributed by atoms with Crippen LogP contribution in [0.2, 0.25) is 0 Å². The first-order valence-corrected chi connectivity index (χ1v) is 7.59. The van der Waals surface area contributed by atoms with E-state index >= 15 is 0 Å². The maximum Gasteiger partial charge on any atom is 0.227 e. The number of nitrogens with zero attached hydrogens (tertiary/aromatic N) is 4. The topological polar surface area (TPSA) is 94.2 Å². The summed E-state index contributed by atoms with van der Waals surface area (Å²) in [6, 6.07) is 18.3. The molecule has 0 saturated heterocycles. The van der Waals surface area contributed by atoms with E-state index in [2.05, 4.69) is 26.5 Å². The van der Waals surface area contributed by atoms with Crippen LogP contribution in [-0.2, 0) is 0 Å². The molecule has 0 atom stereocenters. The second-order valence-electron chi connectivity index (χ2n) is 5.39. The van der Waals surface area contributed by atoms with Gasteiger partial charge in [-0.05, 0) is 37.3 Å². The van der Waals surface area contributed by atoms with E-state index in [0.29, 0.717) is 22.9 Å². The van der Waals surface area contributed by atoms with Crippen molar-refractivity contribution in [3.63, 3.8) is 0 Å². The van der Waals surface area contributed by atoms with E-state index in [4.69, 9.17) is 5.26 Å². The van der Waals surface area contributed by atoms with Gasteiger partial charge in [0.2, 0.25) is 5.95 Å². The highest BCUT2D eigenvalue weighted by Crippen LogP contribution is 2.16. The average Bonchev–Trinajstić information content (AvgIpc) is 2.65. The fourth-order valence-electron chi connectivity index (χ4n) is 2.28. The normalized spacial score (nSPS) is 11.0. The van der Waals surface area contributed by atoms with Crippen molar-refractivity contribution in [2.75, 3.05) is 5.32 Å². The van der Waals surface area contributed by atoms with E-state index in [1.807, 2.05) is 31.2 Å². The average molecular weight is 329 g/mol. The van der Waals surface area contributed by atoms with Gasteiger partial charge in [-0.2, -0.15) is 5.26 Å². The van der Waals surface area contributed by atoms with Crippen LogP contribution >= 0.6 is 0 Å². The van der Waals surface area contributed by atoms with E-state index < -0.39 is 0 Å². The highest BCUT2D eigenvalue weighted by atomic mass is 16.4. The molecule has 122 valence electrons. The lowest BCUT2D eigenvalue weighted by Crippen LogP contribution is -2.08. The van der Waals surface area contributed by atoms with Crippen molar-refractivity contribution in [1.29, 1.82) is 5.26 Å². The predicted octanol–water partition coefficient (Wildman–Crippen LogP) is 3.63. The van der Waals surface area contributed by atoms with Crippen molar-refractivity contribution in [1.82, 2.24) is 9.97 Å². The van der Waals surface area contributed by atoms with Crippen LogP contribution in [0.25, 0.3) is 0 Å². The number of aromatic nitrogens is 2. The molecule has 0 bridgehead atoms. The van der Waals surface area contributed by atoms with Crippen LogP contribution in [0.15, 0.2) is 65.9 Å². The van der Waals surface area contributed by atoms with E-state index in [-0.39, 0.29) is 0 Å². The standard InChI is InChI=1S/C19H15N5O/c1-13-2-6-15(7-3-13)18(24-25)17-10-11-21-19(23-17)22-16-8-4-14(12-20)5-9-16/h2-11,25H,1H3,(H,21,22,23)/b24-18-. The zero-order chi connectivity index (χ0) is 17.6. The molecule has 0 aliphatic heterocycles. The first kappa shape index (κ1) is 16.1. The molecule has 6 nitrogen and oxygen atoms in total. The molecule has 3 rings (SSSR count). The lowest BCUT2D eigenvalue weighted by molar-refractivity contribution is 0.319. The fourth-order valence-corrected chi connectivity index (χ4v) is 2.28. The second-order valence-corrected chi connectivity index (χ2v) is 5.39. The smallest absolute Gasteiger partial charge is 0.227 e. The van der Waals surface area contributed by atoms with E-state index in [1.165, 1.54) is 0 Å². The molecule has 1 heterocycles. The zero-order valence-corrected chi connectivity index (χ0v) is 13.5. The van der Waals surface area contributed by atoms with Crippen molar-refractivity contribution in [3.05, 3.63) is 83.2 Å². The van der Waals surface area contributed by atoms with Crippen molar-refractivity contribution < 1.29 is 5.21 Å². The molecule has 0 aliphatic carbocycles. The zero-order valence-electron chi connectivity index (χ0n) is 13.5. The molecular formula is C19H15N5O. The fraction of sp³-hybridized carbons (Fsp3) is 0.0526. The Bertz CT molecular complexity index is 941. The first-order chi connectivity index (χ1) is 12.2. The Balaban J connectivity index is 1.87. The second kappa shape index (κ2) is 7.23. The number of oxime groups is 1. The maximum atomic E-state index is 9.42. The SMILES string of the molecule is Cc1ccc(/C(=N/O)c2ccnc(Nc3ccc(C#N)cc3)n2)cc1. The Morgan fingerprint density at radius 3 is 2.44 bits per heavy atom. The Labute approximate surface area is 145 Å². The maximum absolute atomic E-state index is 9.42. The molecule has 3 aromatic rings. The van der Waals surface area contributed by atoms with Gasteiger partial charge in [-0.15, -0.1) is 0 Å². The summed E-state index contributed by atoms with van der Waals surface area (Å²) in [5.74, 6) is 0.371. The van der Waals surface area contributed by atoms with Gasteiger partial charge in [0.05, 0.1) is 17.3 Å². The van der Waals surface area contributed by atoms with Gasteiger partial charge in [-0.3, -0.25) is 0 Å². The van der Waals surface area contributed by atoms with Crippen LogP contribution in [-0.4, -0.2) is 20.9 Å². The highest BCUT2D eigenvalue weighted by molar-refractivity contribution is 6.11. The summed E-state index contributed by atoms with van der Waals surface area (Å²) in [6.07, 6.45) is 1.59. The summed E-state index contributed by atoms with van der Waals surface area (Å²) in [5.41, 5.74) is 4.08. The van der Waals surface area contributed by atoms with Gasteiger partial charge in [-0.25, -0.2) is 9.97 Å². The summed E-state index contributed by atoms with van der Waals surface area (Å²) in [7, 11) is 0. The Morgan fingerprint density at radius 1 is 1.08 bits per heavy atom. The largest absolute Gasteiger partial charge is 0.410 e. The summed E-state index contributed by atoms with van der Waals surface area (Å²) >= 11 is 0. The highest BCUT2D eigenvalue weighted by Gasteiger charge is 2.11. The van der Waals surface area contributed by atoms with Gasteiger partial charge in [0, 0.05) is 17.4 Å². The summed E-state index contributed by atoms with van der Waals surface area (Å²) < 4.78 is 0. The van der Waals surface area contributed by atoms with E-state index in [1.54, 1.807) is 36.5 Å². The number of aryl methyl sites for hydroxylation is 1. The molecule has 2 aromatic carbocycles. The van der Waals surface area contributed by atoms with Gasteiger partial charge in [0.25, 0.3) is 0 Å². The van der Waals surface area contributed by atoms with Crippen molar-refractivity contribution in [2.24, 2.45) is 5.16 Å². The molecular weight excluding hydrogens is 314 g/mol. The van der Waals surface area contributed by atoms with Gasteiger partial charge < -0.3 is 10.5 Å². The van der Waals surface area contributed by atoms with Crippen LogP contribution in [0.3, 0.4) is 0 Å². The van der Waals surface area contributed by atoms with E-state index in [9.17, 15) is 5.21 Å². The minimum atomic E-state index is 0.366. The van der Waals surface area contributed by atoms with Crippen molar-refractivity contribution in [2.45, 2.75) is 6.92 Å². The Hall–Kier alpha value is -3.72. The minimum absolute atomic E-state index is 0.366. The number of anilines is 2. The van der Waals surface area contributed by atoms with Crippen LogP contribution in [0, 0.1) is 18.3 Å². The molecule has 0 saturated carbocycles. The monoisotopic (exact) mass is 329 g/mol. The molecule has 1 aromatic heterocycles. The van der Waals surface area contributed by atoms with Crippen LogP contribution < -0.4 is 5.32 Å². The number of benzene rings is 2. The van der Waals surface area contributed by atoms with Gasteiger partial charge in [0.15, 0.2) is 0 Å². The van der Waals surface area contributed by atoms with E-state index in [0.717, 1.165) is 16.8 Å².